The summed E-state index contributed by atoms with van der Waals surface area (Å²) < 4.78 is 29.7. The van der Waals surface area contributed by atoms with Crippen molar-refractivity contribution in [1.82, 2.24) is 14.9 Å². The van der Waals surface area contributed by atoms with E-state index in [2.05, 4.69) is 33.4 Å². The molecule has 1 atom stereocenters. The first-order chi connectivity index (χ1) is 19.0. The molecular formula is C32H38N4O3S. The van der Waals surface area contributed by atoms with Crippen molar-refractivity contribution in [1.29, 1.82) is 0 Å². The maximum Gasteiger partial charge on any atom is 0.264 e. The lowest BCUT2D eigenvalue weighted by atomic mass is 9.75. The van der Waals surface area contributed by atoms with Gasteiger partial charge < -0.3 is 4.90 Å². The number of hydrogen-bond donors (Lipinski definition) is 1. The summed E-state index contributed by atoms with van der Waals surface area (Å²) in [5.41, 5.74) is 5.43. The van der Waals surface area contributed by atoms with E-state index >= 15 is 0 Å². The number of amides is 1. The number of hydrogen-bond acceptors (Lipinski definition) is 5. The molecule has 1 spiro atoms. The molecule has 40 heavy (non-hydrogen) atoms. The van der Waals surface area contributed by atoms with Gasteiger partial charge in [-0.15, -0.1) is 0 Å². The maximum atomic E-state index is 14.2. The lowest BCUT2D eigenvalue weighted by molar-refractivity contribution is 0.0182. The van der Waals surface area contributed by atoms with E-state index < -0.39 is 10.0 Å². The Hall–Kier alpha value is -3.26. The molecule has 3 aliphatic rings. The summed E-state index contributed by atoms with van der Waals surface area (Å²) in [5, 5.41) is 0. The zero-order chi connectivity index (χ0) is 28.2. The van der Waals surface area contributed by atoms with Gasteiger partial charge in [0.05, 0.1) is 10.6 Å². The van der Waals surface area contributed by atoms with Crippen LogP contribution in [0.15, 0.2) is 53.4 Å². The molecule has 4 bridgehead atoms. The first-order valence-corrected chi connectivity index (χ1v) is 15.9. The summed E-state index contributed by atoms with van der Waals surface area (Å²) in [7, 11) is -4.02. The predicted molar refractivity (Wildman–Crippen MR) is 157 cm³/mol. The van der Waals surface area contributed by atoms with E-state index in [1.165, 1.54) is 25.0 Å². The average Bonchev–Trinajstić information content (AvgIpc) is 3.67. The number of fused-ring (bicyclic) bond motifs is 4. The Labute approximate surface area is 237 Å². The lowest BCUT2D eigenvalue weighted by Gasteiger charge is -2.48. The van der Waals surface area contributed by atoms with Gasteiger partial charge in [0.25, 0.3) is 15.9 Å². The Balaban J connectivity index is 1.48. The molecule has 0 saturated heterocycles. The van der Waals surface area contributed by atoms with Crippen molar-refractivity contribution in [2.24, 2.45) is 11.3 Å². The monoisotopic (exact) mass is 558 g/mol. The largest absolute Gasteiger partial charge is 0.333 e. The van der Waals surface area contributed by atoms with E-state index in [1.807, 2.05) is 38.1 Å². The Morgan fingerprint density at radius 2 is 1.73 bits per heavy atom. The van der Waals surface area contributed by atoms with Gasteiger partial charge in [-0.1, -0.05) is 38.1 Å². The van der Waals surface area contributed by atoms with Gasteiger partial charge >= 0.3 is 0 Å². The third-order valence-corrected chi connectivity index (χ3v) is 10.3. The van der Waals surface area contributed by atoms with Crippen LogP contribution in [0.5, 0.6) is 0 Å². The normalized spacial score (nSPS) is 21.7. The Morgan fingerprint density at radius 1 is 1.02 bits per heavy atom. The summed E-state index contributed by atoms with van der Waals surface area (Å²) in [6, 6.07) is 14.7. The molecule has 210 valence electrons. The third kappa shape index (κ3) is 5.14. The van der Waals surface area contributed by atoms with E-state index in [9.17, 15) is 13.2 Å². The minimum Gasteiger partial charge on any atom is -0.333 e. The predicted octanol–water partition coefficient (Wildman–Crippen LogP) is 6.31. The van der Waals surface area contributed by atoms with Crippen molar-refractivity contribution in [3.8, 4) is 11.3 Å². The van der Waals surface area contributed by atoms with Crippen LogP contribution in [-0.4, -0.2) is 41.3 Å². The molecule has 3 aromatic rings. The van der Waals surface area contributed by atoms with Gasteiger partial charge in [0.1, 0.15) is 0 Å². The van der Waals surface area contributed by atoms with Crippen molar-refractivity contribution in [3.63, 3.8) is 0 Å². The van der Waals surface area contributed by atoms with E-state index in [-0.39, 0.29) is 28.8 Å². The smallest absolute Gasteiger partial charge is 0.264 e. The molecule has 2 aliphatic carbocycles. The molecule has 0 unspecified atom stereocenters. The summed E-state index contributed by atoms with van der Waals surface area (Å²) in [6.45, 7) is 8.47. The second-order valence-corrected chi connectivity index (χ2v) is 14.2. The van der Waals surface area contributed by atoms with Crippen molar-refractivity contribution in [3.05, 3.63) is 70.9 Å². The fourth-order valence-electron chi connectivity index (χ4n) is 6.72. The number of nitrogens with one attached hydrogen (secondary N) is 1. The summed E-state index contributed by atoms with van der Waals surface area (Å²) in [5.74, 6) is 0.389. The lowest BCUT2D eigenvalue weighted by Crippen LogP contribution is -2.54. The van der Waals surface area contributed by atoms with Gasteiger partial charge in [-0.05, 0) is 106 Å². The number of aromatic nitrogens is 2. The van der Waals surface area contributed by atoms with Gasteiger partial charge in [-0.3, -0.25) is 4.79 Å². The van der Waals surface area contributed by atoms with Crippen LogP contribution in [0.25, 0.3) is 11.3 Å². The molecule has 2 saturated carbocycles. The zero-order valence-corrected chi connectivity index (χ0v) is 24.6. The number of aryl methyl sites for hydroxylation is 3. The molecule has 2 heterocycles. The second-order valence-electron chi connectivity index (χ2n) is 12.6. The highest BCUT2D eigenvalue weighted by atomic mass is 32.2. The Morgan fingerprint density at radius 3 is 2.40 bits per heavy atom. The van der Waals surface area contributed by atoms with Crippen molar-refractivity contribution >= 4 is 21.9 Å². The molecule has 8 heteroatoms. The van der Waals surface area contributed by atoms with Gasteiger partial charge in [0.2, 0.25) is 5.95 Å². The highest BCUT2D eigenvalue weighted by Crippen LogP contribution is 2.62. The first kappa shape index (κ1) is 26.9. The molecule has 0 radical (unpaired) electrons. The second kappa shape index (κ2) is 9.98. The van der Waals surface area contributed by atoms with Crippen molar-refractivity contribution in [2.75, 3.05) is 4.72 Å². The molecule has 1 amide bonds. The standard InChI is InChI=1S/C32H38N4O3S/c1-20(2)15-25-12-11-24-17-28(29-21(3)7-5-8-22(29)4)34-31(33-24)35-40(38,39)27-10-6-9-23(16-27)30(37)36(25)26-18-32(19-26)13-14-32/h5-10,16-17,20,25-26H,11-15,18-19H2,1-4H3,(H,33,34,35)/t25-/m0/s1. The minimum absolute atomic E-state index is 0.0321. The van der Waals surface area contributed by atoms with E-state index in [1.54, 1.807) is 12.1 Å². The Kier molecular flexibility index (Phi) is 6.72. The molecule has 1 aliphatic heterocycles. The summed E-state index contributed by atoms with van der Waals surface area (Å²) in [4.78, 5) is 25.7. The SMILES string of the molecule is Cc1cccc(C)c1-c1cc2nc(n1)NS(=O)(=O)c1cccc(c1)C(=O)N(C1CC3(CC3)C1)[C@H](CC(C)C)CC2. The number of anilines is 1. The van der Waals surface area contributed by atoms with Crippen LogP contribution in [-0.2, 0) is 16.4 Å². The highest BCUT2D eigenvalue weighted by Gasteiger charge is 2.56. The van der Waals surface area contributed by atoms with Gasteiger partial charge in [0.15, 0.2) is 0 Å². The molecule has 1 N–H and O–H groups in total. The van der Waals surface area contributed by atoms with Crippen LogP contribution in [0.4, 0.5) is 5.95 Å². The number of carbonyl (C=O) groups is 1. The minimum atomic E-state index is -4.02. The molecule has 7 nitrogen and oxygen atoms in total. The fourth-order valence-corrected chi connectivity index (χ4v) is 7.71. The Bertz CT molecular complexity index is 1550. The van der Waals surface area contributed by atoms with Gasteiger partial charge in [-0.25, -0.2) is 23.1 Å². The molecular weight excluding hydrogens is 520 g/mol. The van der Waals surface area contributed by atoms with Gasteiger partial charge in [0, 0.05) is 28.9 Å². The third-order valence-electron chi connectivity index (χ3n) is 8.93. The zero-order valence-electron chi connectivity index (χ0n) is 23.8. The van der Waals surface area contributed by atoms with Crippen LogP contribution in [0, 0.1) is 25.2 Å². The topological polar surface area (TPSA) is 92.3 Å². The van der Waals surface area contributed by atoms with Crippen molar-refractivity contribution < 1.29 is 13.2 Å². The number of rotatable bonds is 4. The number of carbonyl (C=O) groups excluding carboxylic acids is 1. The van der Waals surface area contributed by atoms with Crippen molar-refractivity contribution in [2.45, 2.75) is 89.6 Å². The van der Waals surface area contributed by atoms with Crippen LogP contribution in [0.3, 0.4) is 0 Å². The molecule has 2 aromatic carbocycles. The summed E-state index contributed by atoms with van der Waals surface area (Å²) >= 11 is 0. The first-order valence-electron chi connectivity index (χ1n) is 14.4. The van der Waals surface area contributed by atoms with Crippen LogP contribution < -0.4 is 4.72 Å². The molecule has 1 aromatic heterocycles. The fraction of sp³-hybridized carbons (Fsp3) is 0.469. The average molecular weight is 559 g/mol. The van der Waals surface area contributed by atoms with Crippen LogP contribution in [0.2, 0.25) is 0 Å². The molecule has 2 fully saturated rings. The highest BCUT2D eigenvalue weighted by molar-refractivity contribution is 7.92. The number of benzene rings is 2. The van der Waals surface area contributed by atoms with Crippen LogP contribution in [0.1, 0.15) is 79.6 Å². The number of nitrogens with zero attached hydrogens (tertiary/aromatic N) is 3. The van der Waals surface area contributed by atoms with Gasteiger partial charge in [-0.2, -0.15) is 0 Å². The molecule has 6 rings (SSSR count). The maximum absolute atomic E-state index is 14.2. The van der Waals surface area contributed by atoms with E-state index in [0.717, 1.165) is 48.1 Å². The van der Waals surface area contributed by atoms with E-state index in [0.29, 0.717) is 29.0 Å². The number of sulfonamides is 1. The van der Waals surface area contributed by atoms with E-state index in [4.69, 9.17) is 0 Å². The quantitative estimate of drug-likeness (QED) is 0.405. The summed E-state index contributed by atoms with van der Waals surface area (Å²) in [6.07, 6.45) is 6.85. The van der Waals surface area contributed by atoms with Crippen LogP contribution >= 0.6 is 0 Å².